The molecule has 19 heavy (non-hydrogen) atoms. The molecule has 1 fully saturated rings. The molecule has 2 nitrogen and oxygen atoms in total. The van der Waals surface area contributed by atoms with E-state index in [-0.39, 0.29) is 5.43 Å². The SMILES string of the molecule is Cc1ccc2scc(N3CCCC[C@@H]3C)c(=O)c2c1. The average molecular weight is 273 g/mol. The largest absolute Gasteiger partial charge is 0.365 e. The van der Waals surface area contributed by atoms with Gasteiger partial charge >= 0.3 is 0 Å². The minimum Gasteiger partial charge on any atom is -0.365 e. The van der Waals surface area contributed by atoms with Gasteiger partial charge in [-0.3, -0.25) is 4.79 Å². The molecule has 0 aliphatic carbocycles. The van der Waals surface area contributed by atoms with Crippen LogP contribution in [0.1, 0.15) is 31.7 Å². The Labute approximate surface area is 117 Å². The maximum atomic E-state index is 12.7. The maximum absolute atomic E-state index is 12.7. The van der Waals surface area contributed by atoms with Crippen LogP contribution in [-0.2, 0) is 0 Å². The van der Waals surface area contributed by atoms with Gasteiger partial charge in [0.05, 0.1) is 5.69 Å². The molecular formula is C16H19NOS. The molecule has 0 bridgehead atoms. The number of rotatable bonds is 1. The van der Waals surface area contributed by atoms with Crippen molar-refractivity contribution in [2.24, 2.45) is 0 Å². The summed E-state index contributed by atoms with van der Waals surface area (Å²) in [4.78, 5) is 15.0. The van der Waals surface area contributed by atoms with E-state index in [1.807, 2.05) is 18.4 Å². The van der Waals surface area contributed by atoms with E-state index in [2.05, 4.69) is 24.0 Å². The normalized spacial score (nSPS) is 19.9. The number of piperidine rings is 1. The van der Waals surface area contributed by atoms with Crippen molar-refractivity contribution in [3.05, 3.63) is 39.4 Å². The molecule has 1 aliphatic heterocycles. The van der Waals surface area contributed by atoms with E-state index in [4.69, 9.17) is 0 Å². The lowest BCUT2D eigenvalue weighted by atomic mass is 10.0. The molecule has 0 radical (unpaired) electrons. The molecule has 0 saturated carbocycles. The fraction of sp³-hybridized carbons (Fsp3) is 0.438. The van der Waals surface area contributed by atoms with E-state index >= 15 is 0 Å². The van der Waals surface area contributed by atoms with Gasteiger partial charge in [-0.05, 0) is 45.2 Å². The van der Waals surface area contributed by atoms with Gasteiger partial charge in [0, 0.05) is 28.1 Å². The van der Waals surface area contributed by atoms with E-state index in [0.29, 0.717) is 6.04 Å². The third kappa shape index (κ3) is 2.27. The quantitative estimate of drug-likeness (QED) is 0.784. The fourth-order valence-electron chi connectivity index (χ4n) is 2.89. The summed E-state index contributed by atoms with van der Waals surface area (Å²) in [5.41, 5.74) is 2.25. The highest BCUT2D eigenvalue weighted by molar-refractivity contribution is 7.16. The van der Waals surface area contributed by atoms with Crippen LogP contribution in [0.2, 0.25) is 0 Å². The Balaban J connectivity index is 2.14. The molecule has 100 valence electrons. The number of aryl methyl sites for hydroxylation is 1. The summed E-state index contributed by atoms with van der Waals surface area (Å²) in [6, 6.07) is 6.63. The molecule has 1 aromatic heterocycles. The molecule has 0 N–H and O–H groups in total. The molecular weight excluding hydrogens is 254 g/mol. The highest BCUT2D eigenvalue weighted by Gasteiger charge is 2.21. The van der Waals surface area contributed by atoms with Crippen molar-refractivity contribution in [1.29, 1.82) is 0 Å². The summed E-state index contributed by atoms with van der Waals surface area (Å²) < 4.78 is 1.09. The van der Waals surface area contributed by atoms with Gasteiger partial charge in [-0.2, -0.15) is 0 Å². The maximum Gasteiger partial charge on any atom is 0.211 e. The Bertz CT molecular complexity index is 661. The smallest absolute Gasteiger partial charge is 0.211 e. The number of benzene rings is 1. The highest BCUT2D eigenvalue weighted by Crippen LogP contribution is 2.26. The van der Waals surface area contributed by atoms with Crippen molar-refractivity contribution in [2.75, 3.05) is 11.4 Å². The predicted octanol–water partition coefficient (Wildman–Crippen LogP) is 3.95. The monoisotopic (exact) mass is 273 g/mol. The summed E-state index contributed by atoms with van der Waals surface area (Å²) in [6.07, 6.45) is 3.66. The molecule has 0 unspecified atom stereocenters. The first-order chi connectivity index (χ1) is 9.16. The van der Waals surface area contributed by atoms with E-state index in [9.17, 15) is 4.79 Å². The molecule has 2 heterocycles. The second-order valence-electron chi connectivity index (χ2n) is 5.49. The number of hydrogen-bond acceptors (Lipinski definition) is 3. The van der Waals surface area contributed by atoms with Crippen LogP contribution in [0, 0.1) is 6.92 Å². The fourth-order valence-corrected chi connectivity index (χ4v) is 3.80. The average Bonchev–Trinajstić information content (AvgIpc) is 2.41. The van der Waals surface area contributed by atoms with Crippen LogP contribution < -0.4 is 10.3 Å². The molecule has 1 aromatic carbocycles. The summed E-state index contributed by atoms with van der Waals surface area (Å²) in [5.74, 6) is 0. The van der Waals surface area contributed by atoms with E-state index < -0.39 is 0 Å². The summed E-state index contributed by atoms with van der Waals surface area (Å²) >= 11 is 1.68. The van der Waals surface area contributed by atoms with Crippen molar-refractivity contribution in [3.63, 3.8) is 0 Å². The van der Waals surface area contributed by atoms with Crippen molar-refractivity contribution in [1.82, 2.24) is 0 Å². The van der Waals surface area contributed by atoms with Crippen LogP contribution in [-0.4, -0.2) is 12.6 Å². The van der Waals surface area contributed by atoms with Gasteiger partial charge in [-0.1, -0.05) is 11.6 Å². The lowest BCUT2D eigenvalue weighted by Crippen LogP contribution is -2.39. The Morgan fingerprint density at radius 2 is 2.16 bits per heavy atom. The van der Waals surface area contributed by atoms with Gasteiger partial charge < -0.3 is 4.90 Å². The van der Waals surface area contributed by atoms with Crippen LogP contribution in [0.15, 0.2) is 28.4 Å². The number of fused-ring (bicyclic) bond motifs is 1. The first-order valence-corrected chi connectivity index (χ1v) is 7.83. The summed E-state index contributed by atoms with van der Waals surface area (Å²) in [6.45, 7) is 5.28. The van der Waals surface area contributed by atoms with Crippen molar-refractivity contribution >= 4 is 27.1 Å². The third-order valence-electron chi connectivity index (χ3n) is 4.02. The lowest BCUT2D eigenvalue weighted by Gasteiger charge is -2.34. The topological polar surface area (TPSA) is 20.3 Å². The molecule has 3 heteroatoms. The number of anilines is 1. The molecule has 1 aliphatic rings. The van der Waals surface area contributed by atoms with Gasteiger partial charge in [0.25, 0.3) is 0 Å². The minimum absolute atomic E-state index is 0.200. The van der Waals surface area contributed by atoms with E-state index in [1.54, 1.807) is 11.3 Å². The molecule has 0 amide bonds. The standard InChI is InChI=1S/C16H19NOS/c1-11-6-7-15-13(9-11)16(18)14(10-19-15)17-8-4-3-5-12(17)2/h6-7,9-10,12H,3-5,8H2,1-2H3/t12-/m0/s1. The molecule has 0 spiro atoms. The molecule has 1 saturated heterocycles. The van der Waals surface area contributed by atoms with Gasteiger partial charge in [0.2, 0.25) is 5.43 Å². The zero-order valence-corrected chi connectivity index (χ0v) is 12.3. The predicted molar refractivity (Wildman–Crippen MR) is 83.5 cm³/mol. The number of hydrogen-bond donors (Lipinski definition) is 0. The van der Waals surface area contributed by atoms with Crippen molar-refractivity contribution in [2.45, 2.75) is 39.2 Å². The van der Waals surface area contributed by atoms with Crippen molar-refractivity contribution < 1.29 is 0 Å². The van der Waals surface area contributed by atoms with Crippen LogP contribution >= 0.6 is 11.3 Å². The van der Waals surface area contributed by atoms with Crippen LogP contribution in [0.25, 0.3) is 10.1 Å². The Hall–Kier alpha value is -1.35. The van der Waals surface area contributed by atoms with Gasteiger partial charge in [-0.25, -0.2) is 0 Å². The van der Waals surface area contributed by atoms with E-state index in [0.717, 1.165) is 27.9 Å². The first-order valence-electron chi connectivity index (χ1n) is 6.95. The second kappa shape index (κ2) is 4.97. The van der Waals surface area contributed by atoms with Gasteiger partial charge in [0.15, 0.2) is 0 Å². The zero-order chi connectivity index (χ0) is 13.4. The Morgan fingerprint density at radius 1 is 1.32 bits per heavy atom. The van der Waals surface area contributed by atoms with Crippen LogP contribution in [0.3, 0.4) is 0 Å². The third-order valence-corrected chi connectivity index (χ3v) is 4.97. The summed E-state index contributed by atoms with van der Waals surface area (Å²) in [7, 11) is 0. The van der Waals surface area contributed by atoms with Crippen LogP contribution in [0.5, 0.6) is 0 Å². The van der Waals surface area contributed by atoms with Crippen LogP contribution in [0.4, 0.5) is 5.69 Å². The van der Waals surface area contributed by atoms with Gasteiger partial charge in [0.1, 0.15) is 0 Å². The first kappa shape index (κ1) is 12.7. The Kier molecular flexibility index (Phi) is 3.31. The van der Waals surface area contributed by atoms with E-state index in [1.165, 1.54) is 19.3 Å². The zero-order valence-electron chi connectivity index (χ0n) is 11.5. The molecule has 2 aromatic rings. The second-order valence-corrected chi connectivity index (χ2v) is 6.40. The highest BCUT2D eigenvalue weighted by atomic mass is 32.1. The van der Waals surface area contributed by atoms with Gasteiger partial charge in [-0.15, -0.1) is 11.3 Å². The Morgan fingerprint density at radius 3 is 2.95 bits per heavy atom. The lowest BCUT2D eigenvalue weighted by molar-refractivity contribution is 0.484. The van der Waals surface area contributed by atoms with Crippen molar-refractivity contribution in [3.8, 4) is 0 Å². The summed E-state index contributed by atoms with van der Waals surface area (Å²) in [5, 5.41) is 2.92. The number of nitrogens with zero attached hydrogens (tertiary/aromatic N) is 1. The molecule has 3 rings (SSSR count). The molecule has 1 atom stereocenters. The minimum atomic E-state index is 0.200.